The van der Waals surface area contributed by atoms with Gasteiger partial charge in [0.2, 0.25) is 5.91 Å². The zero-order valence-electron chi connectivity index (χ0n) is 16.5. The zero-order valence-corrected chi connectivity index (χ0v) is 17.2. The SMILES string of the molecule is Cc1cc(CN2CCN(C(=O)C3(c4cccc(Cl)c4)CCCCC3)CC2)on1. The van der Waals surface area contributed by atoms with Crippen LogP contribution in [0, 0.1) is 6.92 Å². The van der Waals surface area contributed by atoms with Crippen molar-refractivity contribution in [2.24, 2.45) is 0 Å². The number of benzene rings is 1. The third-order valence-electron chi connectivity index (χ3n) is 6.21. The molecule has 0 radical (unpaired) electrons. The highest BCUT2D eigenvalue weighted by Gasteiger charge is 2.44. The van der Waals surface area contributed by atoms with Gasteiger partial charge in [0, 0.05) is 37.3 Å². The molecule has 1 aromatic heterocycles. The number of aryl methyl sites for hydroxylation is 1. The van der Waals surface area contributed by atoms with Crippen LogP contribution in [0.15, 0.2) is 34.9 Å². The number of halogens is 1. The minimum atomic E-state index is -0.409. The lowest BCUT2D eigenvalue weighted by Crippen LogP contribution is -2.54. The average molecular weight is 402 g/mol. The molecular weight excluding hydrogens is 374 g/mol. The summed E-state index contributed by atoms with van der Waals surface area (Å²) in [4.78, 5) is 18.1. The Balaban J connectivity index is 1.46. The van der Waals surface area contributed by atoms with E-state index in [9.17, 15) is 4.79 Å². The van der Waals surface area contributed by atoms with Crippen LogP contribution in [0.5, 0.6) is 0 Å². The molecule has 4 rings (SSSR count). The van der Waals surface area contributed by atoms with Crippen LogP contribution in [0.1, 0.15) is 49.1 Å². The van der Waals surface area contributed by atoms with E-state index < -0.39 is 5.41 Å². The first-order chi connectivity index (χ1) is 13.6. The molecule has 0 atom stereocenters. The van der Waals surface area contributed by atoms with Gasteiger partial charge in [-0.25, -0.2) is 0 Å². The van der Waals surface area contributed by atoms with Gasteiger partial charge in [-0.05, 0) is 37.5 Å². The molecule has 0 N–H and O–H groups in total. The molecular formula is C22H28ClN3O2. The monoisotopic (exact) mass is 401 g/mol. The number of amides is 1. The zero-order chi connectivity index (χ0) is 19.6. The van der Waals surface area contributed by atoms with Crippen molar-refractivity contribution in [1.29, 1.82) is 0 Å². The quantitative estimate of drug-likeness (QED) is 0.771. The summed E-state index contributed by atoms with van der Waals surface area (Å²) in [6, 6.07) is 9.91. The number of carbonyl (C=O) groups excluding carboxylic acids is 1. The Morgan fingerprint density at radius 3 is 2.54 bits per heavy atom. The maximum absolute atomic E-state index is 13.7. The Bertz CT molecular complexity index is 821. The molecule has 0 spiro atoms. The third kappa shape index (κ3) is 3.96. The standard InChI is InChI=1S/C22H28ClN3O2/c1-17-14-20(28-24-17)16-25-10-12-26(13-11-25)21(27)22(8-3-2-4-9-22)18-6-5-7-19(23)15-18/h5-7,14-15H,2-4,8-13,16H2,1H3. The van der Waals surface area contributed by atoms with E-state index in [1.807, 2.05) is 31.2 Å². The topological polar surface area (TPSA) is 49.6 Å². The minimum Gasteiger partial charge on any atom is -0.360 e. The number of rotatable bonds is 4. The van der Waals surface area contributed by atoms with Gasteiger partial charge in [-0.15, -0.1) is 0 Å². The van der Waals surface area contributed by atoms with Crippen molar-refractivity contribution in [2.75, 3.05) is 26.2 Å². The van der Waals surface area contributed by atoms with Gasteiger partial charge in [-0.2, -0.15) is 0 Å². The molecule has 1 aliphatic heterocycles. The summed E-state index contributed by atoms with van der Waals surface area (Å²) in [5, 5.41) is 4.67. The summed E-state index contributed by atoms with van der Waals surface area (Å²) in [5.74, 6) is 1.17. The summed E-state index contributed by atoms with van der Waals surface area (Å²) in [7, 11) is 0. The van der Waals surface area contributed by atoms with Crippen molar-refractivity contribution in [1.82, 2.24) is 15.0 Å². The molecule has 5 nitrogen and oxygen atoms in total. The highest BCUT2D eigenvalue weighted by Crippen LogP contribution is 2.42. The predicted molar refractivity (Wildman–Crippen MR) is 109 cm³/mol. The highest BCUT2D eigenvalue weighted by atomic mass is 35.5. The van der Waals surface area contributed by atoms with Gasteiger partial charge < -0.3 is 9.42 Å². The largest absolute Gasteiger partial charge is 0.360 e. The Kier molecular flexibility index (Phi) is 5.74. The molecule has 2 aromatic rings. The summed E-state index contributed by atoms with van der Waals surface area (Å²) >= 11 is 6.27. The fourth-order valence-corrected chi connectivity index (χ4v) is 4.88. The second-order valence-electron chi connectivity index (χ2n) is 8.16. The van der Waals surface area contributed by atoms with Crippen molar-refractivity contribution >= 4 is 17.5 Å². The van der Waals surface area contributed by atoms with Gasteiger partial charge in [0.05, 0.1) is 17.7 Å². The number of hydrogen-bond acceptors (Lipinski definition) is 4. The van der Waals surface area contributed by atoms with E-state index >= 15 is 0 Å². The number of hydrogen-bond donors (Lipinski definition) is 0. The normalized spacial score (nSPS) is 20.3. The van der Waals surface area contributed by atoms with Crippen LogP contribution in [-0.4, -0.2) is 47.0 Å². The predicted octanol–water partition coefficient (Wildman–Crippen LogP) is 4.18. The van der Waals surface area contributed by atoms with Gasteiger partial charge in [-0.1, -0.05) is 48.2 Å². The fraction of sp³-hybridized carbons (Fsp3) is 0.545. The second kappa shape index (κ2) is 8.26. The fourth-order valence-electron chi connectivity index (χ4n) is 4.69. The number of piperazine rings is 1. The van der Waals surface area contributed by atoms with Crippen molar-refractivity contribution in [3.05, 3.63) is 52.4 Å². The molecule has 1 aliphatic carbocycles. The lowest BCUT2D eigenvalue weighted by atomic mass is 9.68. The molecule has 1 saturated heterocycles. The molecule has 28 heavy (non-hydrogen) atoms. The number of nitrogens with zero attached hydrogens (tertiary/aromatic N) is 3. The Morgan fingerprint density at radius 1 is 1.14 bits per heavy atom. The Labute approximate surface area is 171 Å². The first-order valence-electron chi connectivity index (χ1n) is 10.3. The van der Waals surface area contributed by atoms with Gasteiger partial charge >= 0.3 is 0 Å². The maximum atomic E-state index is 13.7. The van der Waals surface area contributed by atoms with E-state index in [1.54, 1.807) is 0 Å². The maximum Gasteiger partial charge on any atom is 0.233 e. The molecule has 1 saturated carbocycles. The van der Waals surface area contributed by atoms with Crippen LogP contribution < -0.4 is 0 Å². The van der Waals surface area contributed by atoms with Crippen molar-refractivity contribution in [3.8, 4) is 0 Å². The lowest BCUT2D eigenvalue weighted by molar-refractivity contribution is -0.140. The molecule has 2 aliphatic rings. The van der Waals surface area contributed by atoms with Crippen LogP contribution in [0.4, 0.5) is 0 Å². The van der Waals surface area contributed by atoms with Gasteiger partial charge in [0.1, 0.15) is 0 Å². The van der Waals surface area contributed by atoms with Crippen LogP contribution in [-0.2, 0) is 16.8 Å². The smallest absolute Gasteiger partial charge is 0.233 e. The molecule has 2 heterocycles. The molecule has 150 valence electrons. The highest BCUT2D eigenvalue weighted by molar-refractivity contribution is 6.30. The summed E-state index contributed by atoms with van der Waals surface area (Å²) in [6.45, 7) is 5.92. The van der Waals surface area contributed by atoms with Crippen molar-refractivity contribution in [3.63, 3.8) is 0 Å². The van der Waals surface area contributed by atoms with Crippen LogP contribution >= 0.6 is 11.6 Å². The number of aromatic nitrogens is 1. The van der Waals surface area contributed by atoms with E-state index in [2.05, 4.69) is 21.0 Å². The van der Waals surface area contributed by atoms with Crippen LogP contribution in [0.3, 0.4) is 0 Å². The Morgan fingerprint density at radius 2 is 1.89 bits per heavy atom. The van der Waals surface area contributed by atoms with Crippen molar-refractivity contribution < 1.29 is 9.32 Å². The minimum absolute atomic E-state index is 0.282. The summed E-state index contributed by atoms with van der Waals surface area (Å²) < 4.78 is 5.34. The van der Waals surface area contributed by atoms with Gasteiger partial charge in [0.15, 0.2) is 5.76 Å². The average Bonchev–Trinajstić information content (AvgIpc) is 3.13. The molecule has 0 bridgehead atoms. The van der Waals surface area contributed by atoms with Gasteiger partial charge in [-0.3, -0.25) is 9.69 Å². The van der Waals surface area contributed by atoms with E-state index in [0.29, 0.717) is 5.02 Å². The third-order valence-corrected chi connectivity index (χ3v) is 6.44. The van der Waals surface area contributed by atoms with E-state index in [4.69, 9.17) is 16.1 Å². The Hall–Kier alpha value is -1.85. The van der Waals surface area contributed by atoms with E-state index in [-0.39, 0.29) is 5.91 Å². The molecule has 0 unspecified atom stereocenters. The van der Waals surface area contributed by atoms with Crippen LogP contribution in [0.25, 0.3) is 0 Å². The van der Waals surface area contributed by atoms with E-state index in [0.717, 1.165) is 75.4 Å². The summed E-state index contributed by atoms with van der Waals surface area (Å²) in [6.07, 6.45) is 5.25. The first-order valence-corrected chi connectivity index (χ1v) is 10.6. The lowest BCUT2D eigenvalue weighted by Gasteiger charge is -2.43. The first kappa shape index (κ1) is 19.5. The molecule has 1 aromatic carbocycles. The molecule has 2 fully saturated rings. The van der Waals surface area contributed by atoms with E-state index in [1.165, 1.54) is 6.42 Å². The van der Waals surface area contributed by atoms with Gasteiger partial charge in [0.25, 0.3) is 0 Å². The molecule has 1 amide bonds. The summed E-state index contributed by atoms with van der Waals surface area (Å²) in [5.41, 5.74) is 1.58. The second-order valence-corrected chi connectivity index (χ2v) is 8.59. The van der Waals surface area contributed by atoms with Crippen LogP contribution in [0.2, 0.25) is 5.02 Å². The number of carbonyl (C=O) groups is 1. The molecule has 6 heteroatoms. The van der Waals surface area contributed by atoms with Crippen molar-refractivity contribution in [2.45, 2.75) is 51.0 Å².